The minimum atomic E-state index is 0.360. The van der Waals surface area contributed by atoms with E-state index in [4.69, 9.17) is 17.5 Å². The molecular formula is C9H17ClN4. The molecular weight excluding hydrogens is 200 g/mol. The molecule has 3 heterocycles. The molecule has 0 radical (unpaired) electrons. The first-order valence-corrected chi connectivity index (χ1v) is 5.46. The minimum Gasteiger partial charge on any atom is -0.369 e. The Bertz CT molecular complexity index is 233. The van der Waals surface area contributed by atoms with Gasteiger partial charge in [0.05, 0.1) is 6.04 Å². The Balaban J connectivity index is 2.02. The summed E-state index contributed by atoms with van der Waals surface area (Å²) >= 11 is 5.71. The Morgan fingerprint density at radius 1 is 1.50 bits per heavy atom. The molecule has 5 heteroatoms. The molecule has 3 saturated heterocycles. The van der Waals surface area contributed by atoms with Crippen LogP contribution in [0.4, 0.5) is 0 Å². The Labute approximate surface area is 89.8 Å². The largest absolute Gasteiger partial charge is 0.369 e. The van der Waals surface area contributed by atoms with Crippen LogP contribution >= 0.6 is 11.8 Å². The second kappa shape index (κ2) is 3.95. The molecule has 0 aromatic carbocycles. The predicted octanol–water partition coefficient (Wildman–Crippen LogP) is 0.481. The molecule has 0 aliphatic carbocycles. The number of guanidine groups is 1. The van der Waals surface area contributed by atoms with Crippen molar-refractivity contribution in [3.63, 3.8) is 0 Å². The lowest BCUT2D eigenvalue weighted by Gasteiger charge is -2.43. The van der Waals surface area contributed by atoms with Crippen molar-refractivity contribution in [2.75, 3.05) is 26.7 Å². The molecule has 3 aliphatic rings. The van der Waals surface area contributed by atoms with Crippen molar-refractivity contribution in [3.8, 4) is 0 Å². The van der Waals surface area contributed by atoms with E-state index in [0.717, 1.165) is 12.5 Å². The lowest BCUT2D eigenvalue weighted by atomic mass is 9.84. The molecule has 2 bridgehead atoms. The normalized spacial score (nSPS) is 37.3. The van der Waals surface area contributed by atoms with Gasteiger partial charge in [0.15, 0.2) is 0 Å². The fraction of sp³-hybridized carbons (Fsp3) is 0.889. The summed E-state index contributed by atoms with van der Waals surface area (Å²) in [7, 11) is 1.71. The molecule has 0 amide bonds. The van der Waals surface area contributed by atoms with Crippen molar-refractivity contribution < 1.29 is 0 Å². The van der Waals surface area contributed by atoms with E-state index in [2.05, 4.69) is 9.89 Å². The summed E-state index contributed by atoms with van der Waals surface area (Å²) in [5.41, 5.74) is 5.70. The van der Waals surface area contributed by atoms with Crippen molar-refractivity contribution in [1.29, 1.82) is 0 Å². The number of fused-ring (bicyclic) bond motifs is 3. The van der Waals surface area contributed by atoms with E-state index in [-0.39, 0.29) is 0 Å². The molecule has 0 aromatic heterocycles. The van der Waals surface area contributed by atoms with Gasteiger partial charge in [-0.1, -0.05) is 0 Å². The molecule has 0 aromatic rings. The first kappa shape index (κ1) is 10.1. The van der Waals surface area contributed by atoms with Gasteiger partial charge in [-0.3, -0.25) is 4.42 Å². The first-order valence-electron chi connectivity index (χ1n) is 5.12. The second-order valence-corrected chi connectivity index (χ2v) is 4.68. The first-order chi connectivity index (χ1) is 6.66. The summed E-state index contributed by atoms with van der Waals surface area (Å²) in [5, 5.41) is 0. The Hall–Kier alpha value is -0.480. The van der Waals surface area contributed by atoms with Gasteiger partial charge in [-0.2, -0.15) is 0 Å². The quantitative estimate of drug-likeness (QED) is 0.394. The number of nitrogens with two attached hydrogens (primary N) is 1. The average molecular weight is 217 g/mol. The Morgan fingerprint density at radius 3 is 2.57 bits per heavy atom. The molecule has 0 spiro atoms. The maximum atomic E-state index is 5.71. The lowest BCUT2D eigenvalue weighted by molar-refractivity contribution is 0.0902. The van der Waals surface area contributed by atoms with E-state index in [1.165, 1.54) is 30.4 Å². The van der Waals surface area contributed by atoms with Gasteiger partial charge in [0.25, 0.3) is 0 Å². The third-order valence-corrected chi connectivity index (χ3v) is 3.41. The van der Waals surface area contributed by atoms with Gasteiger partial charge in [0.1, 0.15) is 0 Å². The van der Waals surface area contributed by atoms with Crippen molar-refractivity contribution in [1.82, 2.24) is 9.32 Å². The van der Waals surface area contributed by atoms with E-state index in [0.29, 0.717) is 12.0 Å². The summed E-state index contributed by atoms with van der Waals surface area (Å²) < 4.78 is 1.36. The van der Waals surface area contributed by atoms with Crippen molar-refractivity contribution in [2.45, 2.75) is 18.9 Å². The molecule has 3 aliphatic heterocycles. The molecule has 80 valence electrons. The van der Waals surface area contributed by atoms with Crippen LogP contribution in [0.3, 0.4) is 0 Å². The molecule has 2 N–H and O–H groups in total. The highest BCUT2D eigenvalue weighted by atomic mass is 35.5. The molecule has 14 heavy (non-hydrogen) atoms. The zero-order valence-corrected chi connectivity index (χ0v) is 9.24. The zero-order chi connectivity index (χ0) is 10.1. The fourth-order valence-electron chi connectivity index (χ4n) is 2.33. The summed E-state index contributed by atoms with van der Waals surface area (Å²) in [5.74, 6) is 1.15. The molecule has 4 nitrogen and oxygen atoms in total. The van der Waals surface area contributed by atoms with E-state index < -0.39 is 0 Å². The second-order valence-electron chi connectivity index (χ2n) is 4.17. The van der Waals surface area contributed by atoms with Crippen molar-refractivity contribution >= 4 is 17.7 Å². The van der Waals surface area contributed by atoms with Gasteiger partial charge in [-0.05, 0) is 31.8 Å². The van der Waals surface area contributed by atoms with Crippen LogP contribution in [0.15, 0.2) is 4.99 Å². The number of hydrogen-bond donors (Lipinski definition) is 1. The van der Waals surface area contributed by atoms with Crippen LogP contribution < -0.4 is 5.73 Å². The third-order valence-electron chi connectivity index (χ3n) is 3.24. The van der Waals surface area contributed by atoms with Crippen LogP contribution in [-0.2, 0) is 0 Å². The molecule has 0 saturated carbocycles. The third kappa shape index (κ3) is 1.96. The van der Waals surface area contributed by atoms with E-state index in [1.54, 1.807) is 7.05 Å². The molecule has 3 rings (SSSR count). The summed E-state index contributed by atoms with van der Waals surface area (Å²) in [4.78, 5) is 6.92. The highest BCUT2D eigenvalue weighted by Crippen LogP contribution is 2.29. The number of nitrogens with zero attached hydrogens (tertiary/aromatic N) is 3. The molecule has 3 fully saturated rings. The molecule has 1 atom stereocenters. The van der Waals surface area contributed by atoms with Gasteiger partial charge in [-0.25, -0.2) is 4.99 Å². The maximum absolute atomic E-state index is 5.71. The predicted molar refractivity (Wildman–Crippen MR) is 58.2 cm³/mol. The molecule has 0 unspecified atom stereocenters. The lowest BCUT2D eigenvalue weighted by Crippen LogP contribution is -2.50. The van der Waals surface area contributed by atoms with Crippen LogP contribution in [0, 0.1) is 5.92 Å². The summed E-state index contributed by atoms with van der Waals surface area (Å²) in [6.07, 6.45) is 2.51. The topological polar surface area (TPSA) is 44.9 Å². The summed E-state index contributed by atoms with van der Waals surface area (Å²) in [6.45, 7) is 3.51. The van der Waals surface area contributed by atoms with Gasteiger partial charge in [0.2, 0.25) is 5.96 Å². The van der Waals surface area contributed by atoms with Crippen LogP contribution in [0.2, 0.25) is 0 Å². The number of aliphatic imine (C=N–C) groups is 1. The zero-order valence-electron chi connectivity index (χ0n) is 8.49. The Morgan fingerprint density at radius 2 is 2.14 bits per heavy atom. The fourth-order valence-corrected chi connectivity index (χ4v) is 2.37. The summed E-state index contributed by atoms with van der Waals surface area (Å²) in [6, 6.07) is 0.360. The Kier molecular flexibility index (Phi) is 2.83. The van der Waals surface area contributed by atoms with Crippen LogP contribution in [0.5, 0.6) is 0 Å². The van der Waals surface area contributed by atoms with E-state index >= 15 is 0 Å². The van der Waals surface area contributed by atoms with Crippen molar-refractivity contribution in [3.05, 3.63) is 0 Å². The van der Waals surface area contributed by atoms with Crippen LogP contribution in [0.25, 0.3) is 0 Å². The van der Waals surface area contributed by atoms with Gasteiger partial charge < -0.3 is 10.6 Å². The SMILES string of the molecule is CN(Cl)C(N)=N[C@H]1CN2CCC1CC2. The standard InChI is InChI=1S/C9H17ClN4/c1-13(10)9(11)12-8-6-14-4-2-7(8)3-5-14/h7-8H,2-6H2,1H3,(H2,11,12)/t8-/m0/s1. The van der Waals surface area contributed by atoms with Gasteiger partial charge in [-0.15, -0.1) is 0 Å². The number of hydrogen-bond acceptors (Lipinski definition) is 2. The van der Waals surface area contributed by atoms with Crippen molar-refractivity contribution in [2.24, 2.45) is 16.6 Å². The number of halogens is 1. The number of piperidine rings is 3. The van der Waals surface area contributed by atoms with E-state index in [9.17, 15) is 0 Å². The highest BCUT2D eigenvalue weighted by molar-refractivity contribution is 6.21. The number of rotatable bonds is 1. The van der Waals surface area contributed by atoms with Crippen LogP contribution in [-0.4, -0.2) is 48.0 Å². The van der Waals surface area contributed by atoms with Crippen LogP contribution in [0.1, 0.15) is 12.8 Å². The van der Waals surface area contributed by atoms with Gasteiger partial charge >= 0.3 is 0 Å². The maximum Gasteiger partial charge on any atom is 0.206 e. The average Bonchev–Trinajstić information content (AvgIpc) is 2.19. The minimum absolute atomic E-state index is 0.360. The smallest absolute Gasteiger partial charge is 0.206 e. The monoisotopic (exact) mass is 216 g/mol. The van der Waals surface area contributed by atoms with E-state index in [1.807, 2.05) is 0 Å². The highest BCUT2D eigenvalue weighted by Gasteiger charge is 2.34. The van der Waals surface area contributed by atoms with Gasteiger partial charge in [0, 0.05) is 25.4 Å².